The van der Waals surface area contributed by atoms with Crippen LogP contribution >= 0.6 is 11.6 Å². The number of nitrogens with zero attached hydrogens (tertiary/aromatic N) is 3. The molecule has 5 nitrogen and oxygen atoms in total. The van der Waals surface area contributed by atoms with E-state index in [4.69, 9.17) is 11.6 Å². The fourth-order valence-electron chi connectivity index (χ4n) is 2.80. The summed E-state index contributed by atoms with van der Waals surface area (Å²) in [4.78, 5) is 27.3. The lowest BCUT2D eigenvalue weighted by atomic mass is 10.1. The normalized spacial score (nSPS) is 10.7. The van der Waals surface area contributed by atoms with Gasteiger partial charge in [0.1, 0.15) is 0 Å². The van der Waals surface area contributed by atoms with E-state index in [0.29, 0.717) is 29.0 Å². The second kappa shape index (κ2) is 7.54. The highest BCUT2D eigenvalue weighted by Crippen LogP contribution is 2.14. The number of halogens is 1. The van der Waals surface area contributed by atoms with Crippen LogP contribution in [0.15, 0.2) is 66.0 Å². The summed E-state index contributed by atoms with van der Waals surface area (Å²) in [6, 6.07) is 14.3. The molecule has 0 bridgehead atoms. The number of para-hydroxylation sites is 1. The van der Waals surface area contributed by atoms with Crippen LogP contribution in [0.2, 0.25) is 5.02 Å². The molecule has 0 fully saturated rings. The number of carbonyl (C=O) groups excluding carboxylic acids is 1. The Hall–Kier alpha value is -2.92. The minimum atomic E-state index is -0.425. The molecule has 0 N–H and O–H groups in total. The Morgan fingerprint density at radius 2 is 1.92 bits per heavy atom. The molecule has 0 saturated carbocycles. The van der Waals surface area contributed by atoms with E-state index in [-0.39, 0.29) is 11.1 Å². The van der Waals surface area contributed by atoms with Crippen molar-refractivity contribution in [3.8, 4) is 0 Å². The van der Waals surface area contributed by atoms with E-state index in [9.17, 15) is 9.59 Å². The van der Waals surface area contributed by atoms with E-state index in [1.165, 1.54) is 4.90 Å². The number of benzene rings is 2. The van der Waals surface area contributed by atoms with Gasteiger partial charge in [-0.25, -0.2) is 0 Å². The van der Waals surface area contributed by atoms with Crippen LogP contribution in [0.5, 0.6) is 0 Å². The number of amides is 1. The van der Waals surface area contributed by atoms with Crippen molar-refractivity contribution in [3.05, 3.63) is 87.7 Å². The summed E-state index contributed by atoms with van der Waals surface area (Å²) in [6.45, 7) is 4.34. The van der Waals surface area contributed by atoms with Gasteiger partial charge in [0, 0.05) is 30.5 Å². The average Bonchev–Trinajstić information content (AvgIpc) is 2.65. The quantitative estimate of drug-likeness (QED) is 0.649. The van der Waals surface area contributed by atoms with Gasteiger partial charge in [-0.3, -0.25) is 14.3 Å². The standard InChI is InChI=1S/C20H18ClN3O2/c1-3-12-24(13-14-8-10-15(21)11-9-14)20(26)18-19(25)16-6-4-5-7-17(16)23(2)22-18/h3-11H,1,12-13H2,2H3. The van der Waals surface area contributed by atoms with Crippen LogP contribution in [0.25, 0.3) is 10.9 Å². The lowest BCUT2D eigenvalue weighted by Gasteiger charge is -2.21. The average molecular weight is 368 g/mol. The lowest BCUT2D eigenvalue weighted by molar-refractivity contribution is 0.0753. The second-order valence-corrected chi connectivity index (χ2v) is 6.36. The summed E-state index contributed by atoms with van der Waals surface area (Å²) in [5, 5.41) is 5.31. The van der Waals surface area contributed by atoms with E-state index in [2.05, 4.69) is 11.7 Å². The summed E-state index contributed by atoms with van der Waals surface area (Å²) in [5.74, 6) is -0.425. The molecule has 0 saturated heterocycles. The molecule has 0 atom stereocenters. The Kier molecular flexibility index (Phi) is 5.19. The zero-order chi connectivity index (χ0) is 18.7. The van der Waals surface area contributed by atoms with Crippen molar-refractivity contribution < 1.29 is 4.79 Å². The minimum Gasteiger partial charge on any atom is -0.329 e. The fraction of sp³-hybridized carbons (Fsp3) is 0.150. The van der Waals surface area contributed by atoms with Gasteiger partial charge in [0.05, 0.1) is 5.52 Å². The highest BCUT2D eigenvalue weighted by molar-refractivity contribution is 6.30. The van der Waals surface area contributed by atoms with Crippen molar-refractivity contribution in [3.63, 3.8) is 0 Å². The Bertz CT molecular complexity index is 1030. The summed E-state index contributed by atoms with van der Waals surface area (Å²) < 4.78 is 1.55. The molecule has 6 heteroatoms. The first-order chi connectivity index (χ1) is 12.5. The third-order valence-corrected chi connectivity index (χ3v) is 4.34. The van der Waals surface area contributed by atoms with E-state index >= 15 is 0 Å². The maximum atomic E-state index is 13.0. The number of rotatable bonds is 5. The van der Waals surface area contributed by atoms with Crippen molar-refractivity contribution in [2.75, 3.05) is 6.54 Å². The summed E-state index contributed by atoms with van der Waals surface area (Å²) >= 11 is 5.91. The topological polar surface area (TPSA) is 55.2 Å². The van der Waals surface area contributed by atoms with Gasteiger partial charge >= 0.3 is 0 Å². The summed E-state index contributed by atoms with van der Waals surface area (Å²) in [5.41, 5.74) is 1.13. The Balaban J connectivity index is 2.00. The number of aromatic nitrogens is 2. The molecule has 0 spiro atoms. The summed E-state index contributed by atoms with van der Waals surface area (Å²) in [6.07, 6.45) is 1.62. The van der Waals surface area contributed by atoms with Gasteiger partial charge in [-0.1, -0.05) is 41.9 Å². The Morgan fingerprint density at radius 1 is 1.23 bits per heavy atom. The zero-order valence-corrected chi connectivity index (χ0v) is 15.1. The summed E-state index contributed by atoms with van der Waals surface area (Å²) in [7, 11) is 1.72. The first kappa shape index (κ1) is 17.9. The predicted molar refractivity (Wildman–Crippen MR) is 103 cm³/mol. The zero-order valence-electron chi connectivity index (χ0n) is 14.4. The fourth-order valence-corrected chi connectivity index (χ4v) is 2.93. The predicted octanol–water partition coefficient (Wildman–Crippen LogP) is 3.42. The van der Waals surface area contributed by atoms with Gasteiger partial charge < -0.3 is 4.90 Å². The Labute approximate surface area is 156 Å². The Morgan fingerprint density at radius 3 is 2.62 bits per heavy atom. The maximum Gasteiger partial charge on any atom is 0.278 e. The number of fused-ring (bicyclic) bond motifs is 1. The monoisotopic (exact) mass is 367 g/mol. The number of carbonyl (C=O) groups is 1. The van der Waals surface area contributed by atoms with E-state index in [0.717, 1.165) is 5.56 Å². The molecule has 0 unspecified atom stereocenters. The van der Waals surface area contributed by atoms with Gasteiger partial charge in [-0.2, -0.15) is 5.10 Å². The van der Waals surface area contributed by atoms with Crippen LogP contribution in [0, 0.1) is 0 Å². The SMILES string of the molecule is C=CCN(Cc1ccc(Cl)cc1)C(=O)c1nn(C)c2ccccc2c1=O. The van der Waals surface area contributed by atoms with E-state index in [1.54, 1.807) is 48.1 Å². The number of hydrogen-bond acceptors (Lipinski definition) is 3. The highest BCUT2D eigenvalue weighted by Gasteiger charge is 2.22. The van der Waals surface area contributed by atoms with Gasteiger partial charge in [0.15, 0.2) is 5.69 Å². The molecule has 0 aliphatic carbocycles. The highest BCUT2D eigenvalue weighted by atomic mass is 35.5. The van der Waals surface area contributed by atoms with Crippen LogP contribution in [0.3, 0.4) is 0 Å². The van der Waals surface area contributed by atoms with Crippen molar-refractivity contribution in [1.82, 2.24) is 14.7 Å². The number of aryl methyl sites for hydroxylation is 1. The van der Waals surface area contributed by atoms with Gasteiger partial charge in [-0.15, -0.1) is 6.58 Å². The molecule has 132 valence electrons. The molecular formula is C20H18ClN3O2. The molecular weight excluding hydrogens is 350 g/mol. The minimum absolute atomic E-state index is 0.0954. The molecule has 0 radical (unpaired) electrons. The third kappa shape index (κ3) is 3.53. The molecule has 3 aromatic rings. The van der Waals surface area contributed by atoms with Crippen LogP contribution in [-0.4, -0.2) is 27.1 Å². The molecule has 3 rings (SSSR count). The first-order valence-electron chi connectivity index (χ1n) is 8.12. The van der Waals surface area contributed by atoms with E-state index < -0.39 is 5.91 Å². The van der Waals surface area contributed by atoms with E-state index in [1.807, 2.05) is 18.2 Å². The number of hydrogen-bond donors (Lipinski definition) is 0. The molecule has 0 aliphatic heterocycles. The van der Waals surface area contributed by atoms with Crippen molar-refractivity contribution in [2.45, 2.75) is 6.54 Å². The van der Waals surface area contributed by atoms with Crippen molar-refractivity contribution in [1.29, 1.82) is 0 Å². The van der Waals surface area contributed by atoms with Crippen LogP contribution in [-0.2, 0) is 13.6 Å². The van der Waals surface area contributed by atoms with Crippen molar-refractivity contribution >= 4 is 28.4 Å². The molecule has 2 aromatic carbocycles. The molecule has 0 aliphatic rings. The largest absolute Gasteiger partial charge is 0.329 e. The van der Waals surface area contributed by atoms with Gasteiger partial charge in [-0.05, 0) is 29.8 Å². The van der Waals surface area contributed by atoms with Gasteiger partial charge in [0.2, 0.25) is 5.43 Å². The van der Waals surface area contributed by atoms with Gasteiger partial charge in [0.25, 0.3) is 5.91 Å². The third-order valence-electron chi connectivity index (χ3n) is 4.09. The second-order valence-electron chi connectivity index (χ2n) is 5.92. The van der Waals surface area contributed by atoms with Crippen LogP contribution in [0.1, 0.15) is 16.1 Å². The lowest BCUT2D eigenvalue weighted by Crippen LogP contribution is -2.36. The van der Waals surface area contributed by atoms with Crippen LogP contribution < -0.4 is 5.43 Å². The van der Waals surface area contributed by atoms with Crippen LogP contribution in [0.4, 0.5) is 0 Å². The smallest absolute Gasteiger partial charge is 0.278 e. The van der Waals surface area contributed by atoms with Crippen molar-refractivity contribution in [2.24, 2.45) is 7.05 Å². The first-order valence-corrected chi connectivity index (χ1v) is 8.49. The molecule has 1 heterocycles. The molecule has 26 heavy (non-hydrogen) atoms. The molecule has 1 amide bonds. The molecule has 1 aromatic heterocycles. The maximum absolute atomic E-state index is 13.0.